The number of hydrogen-bond donors (Lipinski definition) is 2. The van der Waals surface area contributed by atoms with Crippen LogP contribution in [0.25, 0.3) is 0 Å². The summed E-state index contributed by atoms with van der Waals surface area (Å²) in [6.45, 7) is 1.72. The van der Waals surface area contributed by atoms with E-state index in [0.717, 1.165) is 0 Å². The average Bonchev–Trinajstić information content (AvgIpc) is 2.74. The molecule has 3 aromatic carbocycles. The third-order valence-corrected chi connectivity index (χ3v) is 4.49. The van der Waals surface area contributed by atoms with Crippen molar-refractivity contribution in [2.24, 2.45) is 0 Å². The van der Waals surface area contributed by atoms with Crippen LogP contribution < -0.4 is 10.6 Å². The minimum atomic E-state index is -1.18. The molecule has 0 spiro atoms. The summed E-state index contributed by atoms with van der Waals surface area (Å²) in [7, 11) is 0. The molecule has 0 fully saturated rings. The Morgan fingerprint density at radius 1 is 0.933 bits per heavy atom. The van der Waals surface area contributed by atoms with Gasteiger partial charge in [-0.3, -0.25) is 9.59 Å². The molecule has 2 amide bonds. The second kappa shape index (κ2) is 8.97. The van der Waals surface area contributed by atoms with Crippen molar-refractivity contribution in [3.8, 4) is 6.07 Å². The molecule has 1 atom stereocenters. The topological polar surface area (TPSA) is 82.0 Å². The molecule has 2 N–H and O–H groups in total. The van der Waals surface area contributed by atoms with E-state index in [1.54, 1.807) is 25.1 Å². The van der Waals surface area contributed by atoms with E-state index >= 15 is 0 Å². The van der Waals surface area contributed by atoms with Crippen molar-refractivity contribution in [2.75, 3.05) is 5.32 Å². The first-order chi connectivity index (χ1) is 14.4. The summed E-state index contributed by atoms with van der Waals surface area (Å²) in [5.41, 5.74) is 1.04. The molecule has 0 aliphatic heterocycles. The van der Waals surface area contributed by atoms with Gasteiger partial charge in [-0.15, -0.1) is 0 Å². The number of nitriles is 1. The number of benzene rings is 3. The Kier molecular flexibility index (Phi) is 6.18. The van der Waals surface area contributed by atoms with E-state index in [1.165, 1.54) is 48.5 Å². The molecule has 0 heterocycles. The number of aryl methyl sites for hydroxylation is 1. The van der Waals surface area contributed by atoms with Crippen molar-refractivity contribution in [3.05, 3.63) is 101 Å². The van der Waals surface area contributed by atoms with Crippen LogP contribution in [0.2, 0.25) is 0 Å². The highest BCUT2D eigenvalue weighted by Gasteiger charge is 2.19. The number of rotatable bonds is 5. The van der Waals surface area contributed by atoms with Crippen molar-refractivity contribution in [3.63, 3.8) is 0 Å². The fourth-order valence-electron chi connectivity index (χ4n) is 2.84. The van der Waals surface area contributed by atoms with Gasteiger partial charge in [0.1, 0.15) is 17.7 Å². The highest BCUT2D eigenvalue weighted by molar-refractivity contribution is 6.05. The van der Waals surface area contributed by atoms with Crippen molar-refractivity contribution in [1.82, 2.24) is 5.32 Å². The van der Waals surface area contributed by atoms with Crippen molar-refractivity contribution in [1.29, 1.82) is 5.26 Å². The van der Waals surface area contributed by atoms with Crippen molar-refractivity contribution >= 4 is 17.5 Å². The number of carbonyl (C=O) groups is 2. The molecular weight excluding hydrogens is 388 g/mol. The summed E-state index contributed by atoms with van der Waals surface area (Å²) >= 11 is 0. The van der Waals surface area contributed by atoms with Gasteiger partial charge in [-0.05, 0) is 42.8 Å². The summed E-state index contributed by atoms with van der Waals surface area (Å²) in [6.07, 6.45) is 0. The zero-order valence-electron chi connectivity index (χ0n) is 15.9. The Balaban J connectivity index is 1.81. The molecular formula is C23H17F2N3O2. The summed E-state index contributed by atoms with van der Waals surface area (Å²) in [5.74, 6) is -2.55. The van der Waals surface area contributed by atoms with Crippen LogP contribution >= 0.6 is 0 Å². The lowest BCUT2D eigenvalue weighted by Crippen LogP contribution is -2.28. The molecule has 3 aromatic rings. The molecule has 0 aromatic heterocycles. The van der Waals surface area contributed by atoms with Gasteiger partial charge in [-0.2, -0.15) is 5.26 Å². The van der Waals surface area contributed by atoms with Crippen molar-refractivity contribution < 1.29 is 18.4 Å². The largest absolute Gasteiger partial charge is 0.332 e. The van der Waals surface area contributed by atoms with E-state index in [1.807, 2.05) is 6.07 Å². The van der Waals surface area contributed by atoms with E-state index in [9.17, 15) is 23.6 Å². The smallest absolute Gasteiger partial charge is 0.258 e. The molecule has 0 aliphatic carbocycles. The van der Waals surface area contributed by atoms with E-state index < -0.39 is 29.5 Å². The zero-order valence-corrected chi connectivity index (χ0v) is 15.9. The highest BCUT2D eigenvalue weighted by atomic mass is 19.1. The average molecular weight is 405 g/mol. The van der Waals surface area contributed by atoms with Crippen LogP contribution in [0.5, 0.6) is 0 Å². The van der Waals surface area contributed by atoms with Gasteiger partial charge in [0.25, 0.3) is 11.8 Å². The highest BCUT2D eigenvalue weighted by Crippen LogP contribution is 2.21. The molecule has 0 bridgehead atoms. The summed E-state index contributed by atoms with van der Waals surface area (Å²) in [4.78, 5) is 25.0. The minimum absolute atomic E-state index is 0.0496. The number of anilines is 1. The molecule has 3 rings (SSSR count). The number of nitrogens with zero attached hydrogens (tertiary/aromatic N) is 1. The standard InChI is InChI=1S/C23H17F2N3O2/c1-14-10-11-15(12-20(14)27-23(30)17-7-3-5-9-19(17)25)22(29)28-21(13-26)16-6-2-4-8-18(16)24/h2-12,21H,1H3,(H,27,30)(H,28,29). The second-order valence-electron chi connectivity index (χ2n) is 6.52. The van der Waals surface area contributed by atoms with Crippen LogP contribution in [0.15, 0.2) is 66.7 Å². The van der Waals surface area contributed by atoms with Gasteiger partial charge < -0.3 is 10.6 Å². The molecule has 0 saturated heterocycles. The van der Waals surface area contributed by atoms with Gasteiger partial charge in [0.2, 0.25) is 0 Å². The summed E-state index contributed by atoms with van der Waals surface area (Å²) in [5, 5.41) is 14.4. The quantitative estimate of drug-likeness (QED) is 0.655. The van der Waals surface area contributed by atoms with Crippen LogP contribution in [0.4, 0.5) is 14.5 Å². The fourth-order valence-corrected chi connectivity index (χ4v) is 2.84. The third-order valence-electron chi connectivity index (χ3n) is 4.49. The number of hydrogen-bond acceptors (Lipinski definition) is 3. The molecule has 30 heavy (non-hydrogen) atoms. The number of nitrogens with one attached hydrogen (secondary N) is 2. The first-order valence-electron chi connectivity index (χ1n) is 9.02. The first kappa shape index (κ1) is 20.7. The van der Waals surface area contributed by atoms with E-state index in [-0.39, 0.29) is 16.7 Å². The Morgan fingerprint density at radius 3 is 2.27 bits per heavy atom. The Bertz CT molecular complexity index is 1160. The summed E-state index contributed by atoms with van der Waals surface area (Å²) in [6, 6.07) is 16.4. The lowest BCUT2D eigenvalue weighted by atomic mass is 10.1. The van der Waals surface area contributed by atoms with E-state index in [2.05, 4.69) is 10.6 Å². The number of halogens is 2. The van der Waals surface area contributed by atoms with Crippen LogP contribution in [0.3, 0.4) is 0 Å². The Labute approximate surface area is 172 Å². The van der Waals surface area contributed by atoms with Gasteiger partial charge in [-0.1, -0.05) is 36.4 Å². The van der Waals surface area contributed by atoms with Crippen LogP contribution in [0, 0.1) is 29.9 Å². The van der Waals surface area contributed by atoms with E-state index in [4.69, 9.17) is 0 Å². The van der Waals surface area contributed by atoms with Gasteiger partial charge in [0.05, 0.1) is 11.6 Å². The van der Waals surface area contributed by atoms with Crippen molar-refractivity contribution in [2.45, 2.75) is 13.0 Å². The van der Waals surface area contributed by atoms with Gasteiger partial charge in [0, 0.05) is 16.8 Å². The van der Waals surface area contributed by atoms with E-state index in [0.29, 0.717) is 11.3 Å². The normalized spacial score (nSPS) is 11.3. The maximum Gasteiger partial charge on any atom is 0.258 e. The van der Waals surface area contributed by atoms with Crippen LogP contribution in [-0.4, -0.2) is 11.8 Å². The maximum atomic E-state index is 14.0. The van der Waals surface area contributed by atoms with Crippen LogP contribution in [0.1, 0.15) is 37.9 Å². The number of carbonyl (C=O) groups excluding carboxylic acids is 2. The summed E-state index contributed by atoms with van der Waals surface area (Å²) < 4.78 is 27.8. The van der Waals surface area contributed by atoms with Crippen LogP contribution in [-0.2, 0) is 0 Å². The van der Waals surface area contributed by atoms with Gasteiger partial charge in [0.15, 0.2) is 0 Å². The van der Waals surface area contributed by atoms with Gasteiger partial charge >= 0.3 is 0 Å². The maximum absolute atomic E-state index is 14.0. The molecule has 0 radical (unpaired) electrons. The number of amides is 2. The Hall–Kier alpha value is -4.05. The lowest BCUT2D eigenvalue weighted by molar-refractivity contribution is 0.0943. The zero-order chi connectivity index (χ0) is 21.7. The first-order valence-corrected chi connectivity index (χ1v) is 9.02. The monoisotopic (exact) mass is 405 g/mol. The predicted molar refractivity (Wildman–Crippen MR) is 108 cm³/mol. The minimum Gasteiger partial charge on any atom is -0.332 e. The Morgan fingerprint density at radius 2 is 1.60 bits per heavy atom. The molecule has 0 aliphatic rings. The van der Waals surface area contributed by atoms with Gasteiger partial charge in [-0.25, -0.2) is 8.78 Å². The SMILES string of the molecule is Cc1ccc(C(=O)NC(C#N)c2ccccc2F)cc1NC(=O)c1ccccc1F. The molecule has 7 heteroatoms. The molecule has 1 unspecified atom stereocenters. The third kappa shape index (κ3) is 4.50. The molecule has 150 valence electrons. The molecule has 5 nitrogen and oxygen atoms in total. The second-order valence-corrected chi connectivity index (χ2v) is 6.52. The molecule has 0 saturated carbocycles. The lowest BCUT2D eigenvalue weighted by Gasteiger charge is -2.14. The fraction of sp³-hybridized carbons (Fsp3) is 0.0870. The predicted octanol–water partition coefficient (Wildman–Crippen LogP) is 4.52.